The molecule has 11 nitrogen and oxygen atoms in total. The highest BCUT2D eigenvalue weighted by molar-refractivity contribution is 5.96. The van der Waals surface area contributed by atoms with Gasteiger partial charge in [0.25, 0.3) is 5.56 Å². The smallest absolute Gasteiger partial charge is 0.405 e. The SMILES string of the molecule is CN(C)C(=O)/C=C/CC[C@H](NC(=O)O)C(=O)Nc1cccn(Cc2nc3c(CCC(F)(F)F)cc(F)cc3n2C)c1=O. The lowest BCUT2D eigenvalue weighted by Crippen LogP contribution is -2.44. The van der Waals surface area contributed by atoms with Crippen LogP contribution in [0.2, 0.25) is 0 Å². The van der Waals surface area contributed by atoms with Crippen LogP contribution in [0, 0.1) is 5.82 Å². The summed E-state index contributed by atoms with van der Waals surface area (Å²) in [5.41, 5.74) is -0.306. The number of nitrogens with one attached hydrogen (secondary N) is 2. The third kappa shape index (κ3) is 8.41. The van der Waals surface area contributed by atoms with E-state index in [2.05, 4.69) is 15.6 Å². The molecule has 42 heavy (non-hydrogen) atoms. The molecule has 0 spiro atoms. The van der Waals surface area contributed by atoms with Gasteiger partial charge in [0, 0.05) is 33.8 Å². The van der Waals surface area contributed by atoms with Gasteiger partial charge in [0.15, 0.2) is 0 Å². The number of hydrogen-bond acceptors (Lipinski definition) is 5. The van der Waals surface area contributed by atoms with E-state index >= 15 is 0 Å². The summed E-state index contributed by atoms with van der Waals surface area (Å²) >= 11 is 0. The average Bonchev–Trinajstić information content (AvgIpc) is 3.20. The van der Waals surface area contributed by atoms with Crippen LogP contribution in [0.1, 0.15) is 30.7 Å². The molecule has 1 atom stereocenters. The number of fused-ring (bicyclic) bond motifs is 1. The van der Waals surface area contributed by atoms with E-state index < -0.39 is 48.4 Å². The Morgan fingerprint density at radius 1 is 1.21 bits per heavy atom. The number of carbonyl (C=O) groups excluding carboxylic acids is 2. The number of carbonyl (C=O) groups is 3. The van der Waals surface area contributed by atoms with Crippen molar-refractivity contribution in [2.24, 2.45) is 7.05 Å². The van der Waals surface area contributed by atoms with Gasteiger partial charge in [0.1, 0.15) is 23.4 Å². The number of alkyl halides is 3. The van der Waals surface area contributed by atoms with E-state index in [-0.39, 0.29) is 53.4 Å². The summed E-state index contributed by atoms with van der Waals surface area (Å²) in [6.45, 7) is -0.157. The Labute approximate surface area is 237 Å². The first kappa shape index (κ1) is 31.8. The molecule has 3 aromatic rings. The molecule has 0 radical (unpaired) electrons. The molecule has 0 aliphatic carbocycles. The van der Waals surface area contributed by atoms with Crippen molar-refractivity contribution in [2.75, 3.05) is 19.4 Å². The van der Waals surface area contributed by atoms with E-state index in [9.17, 15) is 36.7 Å². The van der Waals surface area contributed by atoms with E-state index in [0.717, 1.165) is 12.1 Å². The largest absolute Gasteiger partial charge is 0.465 e. The second-order valence-corrected chi connectivity index (χ2v) is 9.69. The third-order valence-electron chi connectivity index (χ3n) is 6.33. The van der Waals surface area contributed by atoms with E-state index in [0.29, 0.717) is 0 Å². The summed E-state index contributed by atoms with van der Waals surface area (Å²) in [7, 11) is 4.66. The van der Waals surface area contributed by atoms with E-state index in [1.54, 1.807) is 14.1 Å². The number of rotatable bonds is 11. The lowest BCUT2D eigenvalue weighted by Gasteiger charge is -2.16. The van der Waals surface area contributed by atoms with Crippen LogP contribution in [0.15, 0.2) is 47.4 Å². The molecule has 2 aromatic heterocycles. The predicted molar refractivity (Wildman–Crippen MR) is 145 cm³/mol. The molecule has 0 saturated carbocycles. The van der Waals surface area contributed by atoms with Gasteiger partial charge in [0.05, 0.1) is 17.6 Å². The second-order valence-electron chi connectivity index (χ2n) is 9.69. The number of imidazole rings is 1. The molecular weight excluding hydrogens is 564 g/mol. The van der Waals surface area contributed by atoms with Crippen LogP contribution in [0.3, 0.4) is 0 Å². The fraction of sp³-hybridized carbons (Fsp3) is 0.370. The molecule has 0 aliphatic rings. The van der Waals surface area contributed by atoms with Crippen LogP contribution in [-0.2, 0) is 29.6 Å². The molecule has 3 N–H and O–H groups in total. The van der Waals surface area contributed by atoms with Gasteiger partial charge < -0.3 is 29.8 Å². The highest BCUT2D eigenvalue weighted by Crippen LogP contribution is 2.27. The molecule has 0 fully saturated rings. The minimum atomic E-state index is -4.44. The first-order chi connectivity index (χ1) is 19.7. The zero-order valence-corrected chi connectivity index (χ0v) is 23.0. The monoisotopic (exact) mass is 594 g/mol. The number of hydrogen-bond donors (Lipinski definition) is 3. The van der Waals surface area contributed by atoms with Gasteiger partial charge in [-0.05, 0) is 55.2 Å². The summed E-state index contributed by atoms with van der Waals surface area (Å²) in [4.78, 5) is 54.6. The predicted octanol–water partition coefficient (Wildman–Crippen LogP) is 3.42. The number of nitrogens with zero attached hydrogens (tertiary/aromatic N) is 4. The van der Waals surface area contributed by atoms with Crippen LogP contribution < -0.4 is 16.2 Å². The number of benzene rings is 1. The van der Waals surface area contributed by atoms with Crippen molar-refractivity contribution in [2.45, 2.75) is 44.4 Å². The van der Waals surface area contributed by atoms with Crippen molar-refractivity contribution >= 4 is 34.6 Å². The number of aryl methyl sites for hydroxylation is 2. The zero-order chi connectivity index (χ0) is 31.2. The molecule has 3 rings (SSSR count). The Hall–Kier alpha value is -4.69. The molecule has 1 aromatic carbocycles. The minimum Gasteiger partial charge on any atom is -0.465 e. The van der Waals surface area contributed by atoms with Gasteiger partial charge in [-0.3, -0.25) is 14.4 Å². The number of aromatic nitrogens is 3. The fourth-order valence-electron chi connectivity index (χ4n) is 4.12. The van der Waals surface area contributed by atoms with Crippen molar-refractivity contribution in [3.05, 3.63) is 70.2 Å². The minimum absolute atomic E-state index is 0.00343. The number of carboxylic acid groups (broad SMARTS) is 1. The highest BCUT2D eigenvalue weighted by atomic mass is 19.4. The third-order valence-corrected chi connectivity index (χ3v) is 6.33. The van der Waals surface area contributed by atoms with Crippen LogP contribution in [0.5, 0.6) is 0 Å². The van der Waals surface area contributed by atoms with Crippen LogP contribution >= 0.6 is 0 Å². The number of allylic oxidation sites excluding steroid dienone is 1. The van der Waals surface area contributed by atoms with Gasteiger partial charge in [-0.2, -0.15) is 13.2 Å². The maximum absolute atomic E-state index is 14.2. The molecule has 0 aliphatic heterocycles. The summed E-state index contributed by atoms with van der Waals surface area (Å²) in [6.07, 6.45) is -3.12. The van der Waals surface area contributed by atoms with Crippen LogP contribution in [0.25, 0.3) is 11.0 Å². The Bertz CT molecular complexity index is 1560. The number of anilines is 1. The quantitative estimate of drug-likeness (QED) is 0.230. The number of amides is 3. The average molecular weight is 595 g/mol. The topological polar surface area (TPSA) is 139 Å². The molecule has 0 bridgehead atoms. The second kappa shape index (κ2) is 13.3. The van der Waals surface area contributed by atoms with Crippen molar-refractivity contribution in [1.29, 1.82) is 0 Å². The Morgan fingerprint density at radius 3 is 2.57 bits per heavy atom. The lowest BCUT2D eigenvalue weighted by molar-refractivity contribution is -0.134. The maximum Gasteiger partial charge on any atom is 0.405 e. The molecule has 0 unspecified atom stereocenters. The van der Waals surface area contributed by atoms with Crippen molar-refractivity contribution in [3.63, 3.8) is 0 Å². The van der Waals surface area contributed by atoms with Gasteiger partial charge >= 0.3 is 12.3 Å². The summed E-state index contributed by atoms with van der Waals surface area (Å²) < 4.78 is 55.2. The van der Waals surface area contributed by atoms with E-state index in [1.165, 1.54) is 51.6 Å². The van der Waals surface area contributed by atoms with Gasteiger partial charge in [-0.15, -0.1) is 0 Å². The van der Waals surface area contributed by atoms with E-state index in [1.807, 2.05) is 0 Å². The van der Waals surface area contributed by atoms with Gasteiger partial charge in [-0.1, -0.05) is 6.08 Å². The van der Waals surface area contributed by atoms with E-state index in [4.69, 9.17) is 5.11 Å². The first-order valence-electron chi connectivity index (χ1n) is 12.7. The van der Waals surface area contributed by atoms with Crippen molar-refractivity contribution < 1.29 is 37.1 Å². The van der Waals surface area contributed by atoms with Crippen LogP contribution in [0.4, 0.5) is 28.0 Å². The highest BCUT2D eigenvalue weighted by Gasteiger charge is 2.28. The Kier molecular flexibility index (Phi) is 10.1. The zero-order valence-electron chi connectivity index (χ0n) is 23.0. The Balaban J connectivity index is 1.81. The van der Waals surface area contributed by atoms with Gasteiger partial charge in [-0.25, -0.2) is 14.2 Å². The first-order valence-corrected chi connectivity index (χ1v) is 12.7. The molecule has 0 saturated heterocycles. The molecule has 2 heterocycles. The van der Waals surface area contributed by atoms with Crippen molar-refractivity contribution in [1.82, 2.24) is 24.3 Å². The fourth-order valence-corrected chi connectivity index (χ4v) is 4.12. The lowest BCUT2D eigenvalue weighted by atomic mass is 10.1. The van der Waals surface area contributed by atoms with Crippen molar-refractivity contribution in [3.8, 4) is 0 Å². The summed E-state index contributed by atoms with van der Waals surface area (Å²) in [6, 6.07) is 3.70. The Morgan fingerprint density at radius 2 is 1.93 bits per heavy atom. The summed E-state index contributed by atoms with van der Waals surface area (Å²) in [5, 5.41) is 13.7. The van der Waals surface area contributed by atoms with Crippen LogP contribution in [-0.4, -0.2) is 68.3 Å². The number of likely N-dealkylation sites (N-methyl/N-ethyl adjacent to an activating group) is 1. The maximum atomic E-state index is 14.2. The summed E-state index contributed by atoms with van der Waals surface area (Å²) in [5.74, 6) is -1.55. The standard InChI is InChI=1S/C27H30F4N6O5/c1-35(2)22(38)9-5-4-7-18(33-26(41)42)24(39)32-19-8-6-12-37(25(19)40)15-21-34-23-16(10-11-27(29,30)31)13-17(28)14-20(23)36(21)3/h5-6,8-9,12-14,18,33H,4,7,10-11,15H2,1-3H3,(H,32,39)(H,41,42)/b9-5+/t18-/m0/s1. The normalized spacial score (nSPS) is 12.5. The molecule has 3 amide bonds. The van der Waals surface area contributed by atoms with Gasteiger partial charge in [0.2, 0.25) is 11.8 Å². The molecule has 226 valence electrons. The molecular formula is C27H30F4N6O5. The number of pyridine rings is 1. The molecule has 15 heteroatoms. The number of halogens is 4.